The first-order valence-electron chi connectivity index (χ1n) is 9.43. The van der Waals surface area contributed by atoms with E-state index in [1.54, 1.807) is 12.1 Å². The molecule has 1 aliphatic heterocycles. The summed E-state index contributed by atoms with van der Waals surface area (Å²) >= 11 is 0. The Morgan fingerprint density at radius 3 is 2.76 bits per heavy atom. The Bertz CT molecular complexity index is 990. The topological polar surface area (TPSA) is 128 Å². The van der Waals surface area contributed by atoms with Gasteiger partial charge in [0.15, 0.2) is 12.4 Å². The van der Waals surface area contributed by atoms with Crippen LogP contribution in [0.3, 0.4) is 0 Å². The van der Waals surface area contributed by atoms with Gasteiger partial charge in [-0.05, 0) is 54.0 Å². The Labute approximate surface area is 169 Å². The van der Waals surface area contributed by atoms with Crippen LogP contribution in [0, 0.1) is 13.8 Å². The van der Waals surface area contributed by atoms with Crippen LogP contribution in [0.2, 0.25) is 0 Å². The van der Waals surface area contributed by atoms with E-state index in [-0.39, 0.29) is 24.5 Å². The molecule has 1 aliphatic rings. The molecule has 1 unspecified atom stereocenters. The molecule has 11 heteroatoms. The minimum atomic E-state index is -3.97. The van der Waals surface area contributed by atoms with Crippen molar-refractivity contribution in [3.63, 3.8) is 0 Å². The number of aliphatic hydroxyl groups excluding tert-OH is 1. The summed E-state index contributed by atoms with van der Waals surface area (Å²) < 4.78 is 34.0. The number of tetrazole rings is 1. The van der Waals surface area contributed by atoms with Crippen LogP contribution >= 0.6 is 0 Å². The average molecular weight is 423 g/mol. The van der Waals surface area contributed by atoms with Crippen LogP contribution in [0.15, 0.2) is 23.1 Å². The molecule has 158 valence electrons. The number of aromatic nitrogens is 4. The molecular formula is C18H25N5O5S. The fraction of sp³-hybridized carbons (Fsp3) is 0.556. The van der Waals surface area contributed by atoms with Crippen LogP contribution in [0.1, 0.15) is 36.7 Å². The molecule has 1 saturated heterocycles. The number of aryl methyl sites for hydroxylation is 3. The molecular weight excluding hydrogens is 398 g/mol. The second kappa shape index (κ2) is 8.56. The van der Waals surface area contributed by atoms with Crippen molar-refractivity contribution in [1.29, 1.82) is 0 Å². The van der Waals surface area contributed by atoms with Crippen molar-refractivity contribution in [3.8, 4) is 0 Å². The van der Waals surface area contributed by atoms with Gasteiger partial charge in [-0.3, -0.25) is 4.79 Å². The van der Waals surface area contributed by atoms with Crippen LogP contribution < -0.4 is 0 Å². The Morgan fingerprint density at radius 1 is 1.31 bits per heavy atom. The third kappa shape index (κ3) is 4.46. The molecule has 2 heterocycles. The molecule has 0 bridgehead atoms. The lowest BCUT2D eigenvalue weighted by Crippen LogP contribution is -2.41. The zero-order valence-corrected chi connectivity index (χ0v) is 17.5. The zero-order chi connectivity index (χ0) is 21.2. The second-order valence-electron chi connectivity index (χ2n) is 7.15. The third-order valence-corrected chi connectivity index (χ3v) is 6.85. The van der Waals surface area contributed by atoms with Crippen molar-refractivity contribution in [2.75, 3.05) is 6.54 Å². The summed E-state index contributed by atoms with van der Waals surface area (Å²) in [4.78, 5) is 12.7. The van der Waals surface area contributed by atoms with Crippen LogP contribution in [0.25, 0.3) is 0 Å². The molecule has 29 heavy (non-hydrogen) atoms. The summed E-state index contributed by atoms with van der Waals surface area (Å²) in [5.74, 6) is -0.359. The first-order valence-corrected chi connectivity index (χ1v) is 10.9. The summed E-state index contributed by atoms with van der Waals surface area (Å²) in [5, 5.41) is 21.3. The SMILES string of the molecule is CCCn1nnnc1COC(=O)[C@@H]1CC(O)CN1S(=O)(=O)c1ccc(C)c(C)c1. The van der Waals surface area contributed by atoms with Crippen molar-refractivity contribution in [3.05, 3.63) is 35.2 Å². The van der Waals surface area contributed by atoms with E-state index in [0.29, 0.717) is 12.4 Å². The number of benzene rings is 1. The van der Waals surface area contributed by atoms with Gasteiger partial charge in [-0.25, -0.2) is 13.1 Å². The van der Waals surface area contributed by atoms with E-state index >= 15 is 0 Å². The normalized spacial score (nSPS) is 20.1. The summed E-state index contributed by atoms with van der Waals surface area (Å²) in [6.07, 6.45) is -0.162. The predicted molar refractivity (Wildman–Crippen MR) is 102 cm³/mol. The van der Waals surface area contributed by atoms with Crippen molar-refractivity contribution in [2.24, 2.45) is 0 Å². The molecule has 1 fully saturated rings. The lowest BCUT2D eigenvalue weighted by atomic mass is 10.1. The summed E-state index contributed by atoms with van der Waals surface area (Å²) in [7, 11) is -3.97. The van der Waals surface area contributed by atoms with Gasteiger partial charge in [0.1, 0.15) is 6.04 Å². The molecule has 1 N–H and O–H groups in total. The van der Waals surface area contributed by atoms with Crippen LogP contribution in [0.4, 0.5) is 0 Å². The molecule has 10 nitrogen and oxygen atoms in total. The molecule has 0 saturated carbocycles. The molecule has 2 aromatic rings. The smallest absolute Gasteiger partial charge is 0.325 e. The van der Waals surface area contributed by atoms with Gasteiger partial charge in [0.05, 0.1) is 11.0 Å². The highest BCUT2D eigenvalue weighted by molar-refractivity contribution is 7.89. The molecule has 0 aliphatic carbocycles. The number of esters is 1. The Hall–Kier alpha value is -2.37. The van der Waals surface area contributed by atoms with Crippen molar-refractivity contribution < 1.29 is 23.1 Å². The highest BCUT2D eigenvalue weighted by atomic mass is 32.2. The number of ether oxygens (including phenoxy) is 1. The lowest BCUT2D eigenvalue weighted by Gasteiger charge is -2.22. The number of carbonyl (C=O) groups is 1. The second-order valence-corrected chi connectivity index (χ2v) is 9.04. The van der Waals surface area contributed by atoms with E-state index in [1.807, 2.05) is 20.8 Å². The number of sulfonamides is 1. The minimum absolute atomic E-state index is 0.0250. The summed E-state index contributed by atoms with van der Waals surface area (Å²) in [5.41, 5.74) is 1.79. The van der Waals surface area contributed by atoms with E-state index < -0.39 is 28.1 Å². The quantitative estimate of drug-likeness (QED) is 0.640. The molecule has 1 aromatic carbocycles. The number of β-amino-alcohol motifs (C(OH)–C–C–N with tert-alkyl or cyclic N) is 1. The van der Waals surface area contributed by atoms with Crippen LogP contribution in [-0.4, -0.2) is 62.7 Å². The Balaban J connectivity index is 1.77. The van der Waals surface area contributed by atoms with Crippen molar-refractivity contribution >= 4 is 16.0 Å². The first kappa shape index (κ1) is 21.3. The fourth-order valence-electron chi connectivity index (χ4n) is 3.22. The van der Waals surface area contributed by atoms with Crippen molar-refractivity contribution in [2.45, 2.75) is 63.8 Å². The minimum Gasteiger partial charge on any atom is -0.456 e. The van der Waals surface area contributed by atoms with Gasteiger partial charge in [-0.2, -0.15) is 4.31 Å². The largest absolute Gasteiger partial charge is 0.456 e. The number of hydrogen-bond donors (Lipinski definition) is 1. The van der Waals surface area contributed by atoms with Crippen LogP contribution in [-0.2, 0) is 32.7 Å². The van der Waals surface area contributed by atoms with Gasteiger partial charge in [-0.1, -0.05) is 13.0 Å². The zero-order valence-electron chi connectivity index (χ0n) is 16.6. The maximum Gasteiger partial charge on any atom is 0.325 e. The molecule has 0 radical (unpaired) electrons. The van der Waals surface area contributed by atoms with E-state index in [2.05, 4.69) is 15.5 Å². The highest BCUT2D eigenvalue weighted by Crippen LogP contribution is 2.28. The van der Waals surface area contributed by atoms with Gasteiger partial charge < -0.3 is 9.84 Å². The molecule has 1 aromatic heterocycles. The number of carbonyl (C=O) groups excluding carboxylic acids is 1. The molecule has 0 spiro atoms. The van der Waals surface area contributed by atoms with Crippen molar-refractivity contribution in [1.82, 2.24) is 24.5 Å². The standard InChI is InChI=1S/C18H25N5O5S/c1-4-7-22-17(19-20-21-22)11-28-18(25)16-9-14(24)10-23(16)29(26,27)15-6-5-12(2)13(3)8-15/h5-6,8,14,16,24H,4,7,9-11H2,1-3H3/t14?,16-/m0/s1. The van der Waals surface area contributed by atoms with Gasteiger partial charge in [0.25, 0.3) is 0 Å². The average Bonchev–Trinajstić information content (AvgIpc) is 3.29. The van der Waals surface area contributed by atoms with E-state index in [4.69, 9.17) is 4.74 Å². The van der Waals surface area contributed by atoms with Crippen LogP contribution in [0.5, 0.6) is 0 Å². The highest BCUT2D eigenvalue weighted by Gasteiger charge is 2.44. The number of rotatable bonds is 7. The Kier molecular flexibility index (Phi) is 6.30. The van der Waals surface area contributed by atoms with E-state index in [1.165, 1.54) is 10.7 Å². The number of aliphatic hydroxyl groups is 1. The maximum absolute atomic E-state index is 13.1. The van der Waals surface area contributed by atoms with Gasteiger partial charge in [0, 0.05) is 19.5 Å². The molecule has 0 amide bonds. The van der Waals surface area contributed by atoms with E-state index in [0.717, 1.165) is 21.9 Å². The number of nitrogens with zero attached hydrogens (tertiary/aromatic N) is 5. The Morgan fingerprint density at radius 2 is 2.07 bits per heavy atom. The monoisotopic (exact) mass is 423 g/mol. The summed E-state index contributed by atoms with van der Waals surface area (Å²) in [6.45, 7) is 5.91. The fourth-order valence-corrected chi connectivity index (χ4v) is 4.93. The predicted octanol–water partition coefficient (Wildman–Crippen LogP) is 0.567. The lowest BCUT2D eigenvalue weighted by molar-refractivity contribution is -0.149. The summed E-state index contributed by atoms with van der Waals surface area (Å²) in [6, 6.07) is 3.68. The third-order valence-electron chi connectivity index (χ3n) is 4.98. The van der Waals surface area contributed by atoms with Gasteiger partial charge >= 0.3 is 5.97 Å². The molecule has 2 atom stereocenters. The van der Waals surface area contributed by atoms with E-state index in [9.17, 15) is 18.3 Å². The van der Waals surface area contributed by atoms with Gasteiger partial charge in [0.2, 0.25) is 10.0 Å². The maximum atomic E-state index is 13.1. The molecule has 3 rings (SSSR count). The number of hydrogen-bond acceptors (Lipinski definition) is 8. The van der Waals surface area contributed by atoms with Gasteiger partial charge in [-0.15, -0.1) is 5.10 Å². The first-order chi connectivity index (χ1) is 13.7.